The molecule has 0 spiro atoms. The number of nitrogens with one attached hydrogen (secondary N) is 1. The number of hydrogen-bond donors (Lipinski definition) is 1. The summed E-state index contributed by atoms with van der Waals surface area (Å²) < 4.78 is 49.2. The predicted molar refractivity (Wildman–Crippen MR) is 82.9 cm³/mol. The molecular weight excluding hydrogens is 307 g/mol. The molecular formula is C17H24F3NO2. The van der Waals surface area contributed by atoms with Crippen molar-refractivity contribution >= 4 is 0 Å². The molecule has 0 heterocycles. The Morgan fingerprint density at radius 1 is 1.13 bits per heavy atom. The maximum Gasteiger partial charge on any atom is 0.391 e. The Kier molecular flexibility index (Phi) is 5.79. The summed E-state index contributed by atoms with van der Waals surface area (Å²) in [6.07, 6.45) is -2.30. The minimum Gasteiger partial charge on any atom is -0.493 e. The minimum absolute atomic E-state index is 0.0493. The number of hydrogen-bond acceptors (Lipinski definition) is 3. The van der Waals surface area contributed by atoms with Gasteiger partial charge in [-0.2, -0.15) is 13.2 Å². The van der Waals surface area contributed by atoms with E-state index in [0.717, 1.165) is 12.0 Å². The van der Waals surface area contributed by atoms with Crippen molar-refractivity contribution in [3.8, 4) is 11.5 Å². The van der Waals surface area contributed by atoms with E-state index in [1.54, 1.807) is 14.2 Å². The van der Waals surface area contributed by atoms with Crippen LogP contribution in [0.15, 0.2) is 18.2 Å². The lowest BCUT2D eigenvalue weighted by Crippen LogP contribution is -2.39. The Morgan fingerprint density at radius 3 is 2.43 bits per heavy atom. The Balaban J connectivity index is 2.02. The van der Waals surface area contributed by atoms with Crippen molar-refractivity contribution in [3.05, 3.63) is 23.8 Å². The van der Waals surface area contributed by atoms with Crippen LogP contribution in [0, 0.1) is 5.92 Å². The van der Waals surface area contributed by atoms with Crippen molar-refractivity contribution in [2.24, 2.45) is 5.92 Å². The van der Waals surface area contributed by atoms with E-state index in [9.17, 15) is 13.2 Å². The van der Waals surface area contributed by atoms with Crippen molar-refractivity contribution < 1.29 is 22.6 Å². The number of alkyl halides is 3. The van der Waals surface area contributed by atoms with Gasteiger partial charge in [-0.15, -0.1) is 0 Å². The van der Waals surface area contributed by atoms with Crippen LogP contribution in [0.5, 0.6) is 11.5 Å². The van der Waals surface area contributed by atoms with E-state index in [1.165, 1.54) is 0 Å². The standard InChI is InChI=1S/C17H24F3NO2/c1-11(12-7-8-15(22-2)16(9-12)23-3)21-14-6-4-5-13(10-14)17(18,19)20/h7-9,11,13-14,21H,4-6,10H2,1-3H3. The van der Waals surface area contributed by atoms with Crippen molar-refractivity contribution in [2.75, 3.05) is 14.2 Å². The summed E-state index contributed by atoms with van der Waals surface area (Å²) in [6, 6.07) is 5.42. The number of methoxy groups -OCH3 is 2. The van der Waals surface area contributed by atoms with Gasteiger partial charge in [-0.1, -0.05) is 12.5 Å². The first kappa shape index (κ1) is 17.9. The van der Waals surface area contributed by atoms with Crippen LogP contribution in [-0.4, -0.2) is 26.4 Å². The van der Waals surface area contributed by atoms with Gasteiger partial charge in [0.25, 0.3) is 0 Å². The Morgan fingerprint density at radius 2 is 1.83 bits per heavy atom. The number of ether oxygens (including phenoxy) is 2. The van der Waals surface area contributed by atoms with Gasteiger partial charge in [0.2, 0.25) is 0 Å². The maximum atomic E-state index is 12.9. The quantitative estimate of drug-likeness (QED) is 0.863. The van der Waals surface area contributed by atoms with E-state index in [1.807, 2.05) is 25.1 Å². The van der Waals surface area contributed by atoms with Crippen LogP contribution in [0.25, 0.3) is 0 Å². The largest absolute Gasteiger partial charge is 0.493 e. The normalized spacial score (nSPS) is 23.4. The lowest BCUT2D eigenvalue weighted by Gasteiger charge is -2.33. The van der Waals surface area contributed by atoms with E-state index < -0.39 is 12.1 Å². The second-order valence-electron chi connectivity index (χ2n) is 6.10. The average molecular weight is 331 g/mol. The topological polar surface area (TPSA) is 30.5 Å². The molecule has 130 valence electrons. The van der Waals surface area contributed by atoms with Crippen LogP contribution in [0.1, 0.15) is 44.2 Å². The van der Waals surface area contributed by atoms with Gasteiger partial charge in [-0.05, 0) is 43.9 Å². The van der Waals surface area contributed by atoms with Gasteiger partial charge in [0, 0.05) is 12.1 Å². The van der Waals surface area contributed by atoms with E-state index >= 15 is 0 Å². The Bertz CT molecular complexity index is 519. The fourth-order valence-corrected chi connectivity index (χ4v) is 3.21. The summed E-state index contributed by atoms with van der Waals surface area (Å²) >= 11 is 0. The smallest absolute Gasteiger partial charge is 0.391 e. The monoisotopic (exact) mass is 331 g/mol. The molecule has 6 heteroatoms. The number of rotatable bonds is 5. The van der Waals surface area contributed by atoms with Crippen molar-refractivity contribution in [1.29, 1.82) is 0 Å². The molecule has 0 bridgehead atoms. The third kappa shape index (κ3) is 4.53. The van der Waals surface area contributed by atoms with Crippen molar-refractivity contribution in [2.45, 2.75) is 50.9 Å². The predicted octanol–water partition coefficient (Wildman–Crippen LogP) is 4.48. The highest BCUT2D eigenvalue weighted by molar-refractivity contribution is 5.43. The molecule has 1 fully saturated rings. The van der Waals surface area contributed by atoms with Crippen LogP contribution in [0.2, 0.25) is 0 Å². The van der Waals surface area contributed by atoms with Crippen LogP contribution in [-0.2, 0) is 0 Å². The summed E-state index contributed by atoms with van der Waals surface area (Å²) in [5.74, 6) is 0.0695. The lowest BCUT2D eigenvalue weighted by atomic mass is 9.85. The SMILES string of the molecule is COc1ccc(C(C)NC2CCCC(C(F)(F)F)C2)cc1OC. The fourth-order valence-electron chi connectivity index (χ4n) is 3.21. The summed E-state index contributed by atoms with van der Waals surface area (Å²) in [5.41, 5.74) is 0.969. The maximum absolute atomic E-state index is 12.9. The molecule has 1 aliphatic carbocycles. The van der Waals surface area contributed by atoms with Crippen molar-refractivity contribution in [3.63, 3.8) is 0 Å². The van der Waals surface area contributed by atoms with Crippen LogP contribution in [0.3, 0.4) is 0 Å². The van der Waals surface area contributed by atoms with E-state index in [0.29, 0.717) is 17.9 Å². The molecule has 0 aliphatic heterocycles. The van der Waals surface area contributed by atoms with Crippen molar-refractivity contribution in [1.82, 2.24) is 5.32 Å². The molecule has 3 unspecified atom stereocenters. The molecule has 0 saturated heterocycles. The fraction of sp³-hybridized carbons (Fsp3) is 0.647. The third-order valence-corrected chi connectivity index (χ3v) is 4.53. The molecule has 1 N–H and O–H groups in total. The molecule has 2 rings (SSSR count). The number of benzene rings is 1. The summed E-state index contributed by atoms with van der Waals surface area (Å²) in [4.78, 5) is 0. The molecule has 1 aliphatic rings. The third-order valence-electron chi connectivity index (χ3n) is 4.53. The molecule has 1 aromatic carbocycles. The first-order valence-electron chi connectivity index (χ1n) is 7.89. The highest BCUT2D eigenvalue weighted by Crippen LogP contribution is 2.38. The molecule has 23 heavy (non-hydrogen) atoms. The highest BCUT2D eigenvalue weighted by atomic mass is 19.4. The van der Waals surface area contributed by atoms with Gasteiger partial charge in [0.05, 0.1) is 20.1 Å². The second kappa shape index (κ2) is 7.43. The lowest BCUT2D eigenvalue weighted by molar-refractivity contribution is -0.183. The van der Waals surface area contributed by atoms with Gasteiger partial charge in [-0.25, -0.2) is 0 Å². The second-order valence-corrected chi connectivity index (χ2v) is 6.10. The van der Waals surface area contributed by atoms with Gasteiger partial charge in [0.1, 0.15) is 0 Å². The van der Waals surface area contributed by atoms with Crippen LogP contribution < -0.4 is 14.8 Å². The summed E-state index contributed by atoms with van der Waals surface area (Å²) in [5, 5.41) is 3.33. The molecule has 3 atom stereocenters. The molecule has 0 amide bonds. The summed E-state index contributed by atoms with van der Waals surface area (Å²) in [7, 11) is 3.13. The van der Waals surface area contributed by atoms with Crippen LogP contribution >= 0.6 is 0 Å². The molecule has 1 saturated carbocycles. The minimum atomic E-state index is -4.09. The van der Waals surface area contributed by atoms with E-state index in [-0.39, 0.29) is 24.9 Å². The molecule has 1 aromatic rings. The zero-order valence-corrected chi connectivity index (χ0v) is 13.7. The van der Waals surface area contributed by atoms with Crippen LogP contribution in [0.4, 0.5) is 13.2 Å². The summed E-state index contributed by atoms with van der Waals surface area (Å²) in [6.45, 7) is 1.96. The Labute approximate surface area is 135 Å². The number of halogens is 3. The van der Waals surface area contributed by atoms with Gasteiger partial charge in [-0.3, -0.25) is 0 Å². The molecule has 0 aromatic heterocycles. The first-order chi connectivity index (χ1) is 10.8. The zero-order valence-electron chi connectivity index (χ0n) is 13.7. The van der Waals surface area contributed by atoms with E-state index in [4.69, 9.17) is 9.47 Å². The molecule has 0 radical (unpaired) electrons. The average Bonchev–Trinajstić information content (AvgIpc) is 2.53. The van der Waals surface area contributed by atoms with Gasteiger partial charge in [0.15, 0.2) is 11.5 Å². The Hall–Kier alpha value is -1.43. The van der Waals surface area contributed by atoms with Gasteiger partial charge < -0.3 is 14.8 Å². The first-order valence-corrected chi connectivity index (χ1v) is 7.89. The molecule has 3 nitrogen and oxygen atoms in total. The van der Waals surface area contributed by atoms with E-state index in [2.05, 4.69) is 5.32 Å². The van der Waals surface area contributed by atoms with Gasteiger partial charge >= 0.3 is 6.18 Å². The highest BCUT2D eigenvalue weighted by Gasteiger charge is 2.42. The zero-order chi connectivity index (χ0) is 17.0.